The van der Waals surface area contributed by atoms with Crippen LogP contribution in [0.25, 0.3) is 0 Å². The molecule has 4 heteroatoms. The minimum atomic E-state index is 0.148. The maximum atomic E-state index is 12.5. The molecule has 0 bridgehead atoms. The molecule has 1 atom stereocenters. The van der Waals surface area contributed by atoms with Crippen molar-refractivity contribution >= 4 is 11.6 Å². The quantitative estimate of drug-likeness (QED) is 0.892. The summed E-state index contributed by atoms with van der Waals surface area (Å²) < 4.78 is 0. The number of nitrogens with zero attached hydrogens (tertiary/aromatic N) is 2. The highest BCUT2D eigenvalue weighted by Gasteiger charge is 2.25. The van der Waals surface area contributed by atoms with Crippen LogP contribution in [0.3, 0.4) is 0 Å². The van der Waals surface area contributed by atoms with Crippen molar-refractivity contribution in [2.45, 2.75) is 32.4 Å². The number of amides is 1. The minimum absolute atomic E-state index is 0.148. The average Bonchev–Trinajstić information content (AvgIpc) is 2.75. The summed E-state index contributed by atoms with van der Waals surface area (Å²) in [4.78, 5) is 16.5. The first kappa shape index (κ1) is 14.0. The van der Waals surface area contributed by atoms with Crippen LogP contribution in [0.15, 0.2) is 30.3 Å². The monoisotopic (exact) mass is 261 g/mol. The Hall–Kier alpha value is -1.39. The van der Waals surface area contributed by atoms with Gasteiger partial charge in [-0.2, -0.15) is 0 Å². The van der Waals surface area contributed by atoms with E-state index in [0.29, 0.717) is 6.54 Å². The zero-order valence-electron chi connectivity index (χ0n) is 11.7. The number of hydrogen-bond donors (Lipinski definition) is 1. The second kappa shape index (κ2) is 6.17. The fourth-order valence-electron chi connectivity index (χ4n) is 2.59. The number of para-hydroxylation sites is 1. The lowest BCUT2D eigenvalue weighted by atomic mass is 10.2. The highest BCUT2D eigenvalue weighted by atomic mass is 16.2. The molecule has 1 aromatic carbocycles. The molecule has 0 radical (unpaired) electrons. The molecule has 0 aromatic heterocycles. The van der Waals surface area contributed by atoms with Crippen molar-refractivity contribution in [3.8, 4) is 0 Å². The first-order valence-electron chi connectivity index (χ1n) is 6.93. The maximum Gasteiger partial charge on any atom is 0.241 e. The van der Waals surface area contributed by atoms with Crippen LogP contribution in [0.4, 0.5) is 5.69 Å². The third-order valence-electron chi connectivity index (χ3n) is 3.49. The Morgan fingerprint density at radius 2 is 2.11 bits per heavy atom. The van der Waals surface area contributed by atoms with E-state index in [1.165, 1.54) is 0 Å². The molecular weight excluding hydrogens is 238 g/mol. The molecule has 0 spiro atoms. The molecule has 4 nitrogen and oxygen atoms in total. The van der Waals surface area contributed by atoms with E-state index in [9.17, 15) is 4.79 Å². The van der Waals surface area contributed by atoms with Gasteiger partial charge in [-0.25, -0.2) is 0 Å². The lowest BCUT2D eigenvalue weighted by Gasteiger charge is -2.29. The number of carbonyl (C=O) groups is 1. The second-order valence-corrected chi connectivity index (χ2v) is 5.48. The average molecular weight is 261 g/mol. The Balaban J connectivity index is 2.05. The first-order chi connectivity index (χ1) is 9.08. The van der Waals surface area contributed by atoms with Gasteiger partial charge < -0.3 is 10.6 Å². The van der Waals surface area contributed by atoms with Gasteiger partial charge in [0.25, 0.3) is 0 Å². The number of nitrogens with two attached hydrogens (primary N) is 1. The SMILES string of the molecule is CC(C)N(C(=O)CN1CC[C@H](N)C1)c1ccccc1. The predicted octanol–water partition coefficient (Wildman–Crippen LogP) is 1.46. The van der Waals surface area contributed by atoms with Crippen LogP contribution in [0.2, 0.25) is 0 Å². The van der Waals surface area contributed by atoms with Gasteiger partial charge in [-0.15, -0.1) is 0 Å². The normalized spacial score (nSPS) is 19.9. The van der Waals surface area contributed by atoms with E-state index in [2.05, 4.69) is 4.90 Å². The Bertz CT molecular complexity index is 419. The van der Waals surface area contributed by atoms with Crippen LogP contribution in [0.5, 0.6) is 0 Å². The van der Waals surface area contributed by atoms with E-state index >= 15 is 0 Å². The molecule has 2 N–H and O–H groups in total. The Labute approximate surface area is 115 Å². The second-order valence-electron chi connectivity index (χ2n) is 5.48. The number of carbonyl (C=O) groups excluding carboxylic acids is 1. The molecule has 1 amide bonds. The molecule has 1 aromatic rings. The van der Waals surface area contributed by atoms with E-state index in [1.807, 2.05) is 49.1 Å². The van der Waals surface area contributed by atoms with Crippen LogP contribution < -0.4 is 10.6 Å². The molecule has 1 fully saturated rings. The van der Waals surface area contributed by atoms with Crippen molar-refractivity contribution in [2.24, 2.45) is 5.73 Å². The summed E-state index contributed by atoms with van der Waals surface area (Å²) in [5.41, 5.74) is 6.85. The summed E-state index contributed by atoms with van der Waals surface area (Å²) in [6.45, 7) is 6.29. The molecule has 1 saturated heterocycles. The zero-order chi connectivity index (χ0) is 13.8. The summed E-state index contributed by atoms with van der Waals surface area (Å²) in [6.07, 6.45) is 0.986. The topological polar surface area (TPSA) is 49.6 Å². The van der Waals surface area contributed by atoms with Crippen molar-refractivity contribution in [3.63, 3.8) is 0 Å². The standard InChI is InChI=1S/C15H23N3O/c1-12(2)18(14-6-4-3-5-7-14)15(19)11-17-9-8-13(16)10-17/h3-7,12-13H,8-11,16H2,1-2H3/t13-/m0/s1. The van der Waals surface area contributed by atoms with Crippen LogP contribution in [-0.4, -0.2) is 42.5 Å². The molecule has 0 saturated carbocycles. The van der Waals surface area contributed by atoms with E-state index in [-0.39, 0.29) is 18.0 Å². The highest BCUT2D eigenvalue weighted by Crippen LogP contribution is 2.17. The first-order valence-corrected chi connectivity index (χ1v) is 6.93. The predicted molar refractivity (Wildman–Crippen MR) is 78.1 cm³/mol. The Morgan fingerprint density at radius 3 is 2.63 bits per heavy atom. The maximum absolute atomic E-state index is 12.5. The van der Waals surface area contributed by atoms with E-state index in [4.69, 9.17) is 5.73 Å². The van der Waals surface area contributed by atoms with Crippen molar-refractivity contribution < 1.29 is 4.79 Å². The van der Waals surface area contributed by atoms with Crippen molar-refractivity contribution in [1.29, 1.82) is 0 Å². The summed E-state index contributed by atoms with van der Waals surface area (Å²) in [6, 6.07) is 10.2. The van der Waals surface area contributed by atoms with Crippen molar-refractivity contribution in [3.05, 3.63) is 30.3 Å². The van der Waals surface area contributed by atoms with Gasteiger partial charge in [0.1, 0.15) is 0 Å². The molecule has 104 valence electrons. The van der Waals surface area contributed by atoms with Gasteiger partial charge in [-0.05, 0) is 32.4 Å². The molecule has 1 aliphatic rings. The Kier molecular flexibility index (Phi) is 4.56. The van der Waals surface area contributed by atoms with Crippen molar-refractivity contribution in [1.82, 2.24) is 4.90 Å². The molecule has 2 rings (SSSR count). The van der Waals surface area contributed by atoms with E-state index < -0.39 is 0 Å². The smallest absolute Gasteiger partial charge is 0.241 e. The summed E-state index contributed by atoms with van der Waals surface area (Å²) >= 11 is 0. The van der Waals surface area contributed by atoms with E-state index in [0.717, 1.165) is 25.2 Å². The number of likely N-dealkylation sites (tertiary alicyclic amines) is 1. The molecule has 1 heterocycles. The van der Waals surface area contributed by atoms with Crippen LogP contribution >= 0.6 is 0 Å². The molecule has 0 aliphatic carbocycles. The van der Waals surface area contributed by atoms with Gasteiger partial charge in [0.2, 0.25) is 5.91 Å². The van der Waals surface area contributed by atoms with Crippen LogP contribution in [-0.2, 0) is 4.79 Å². The summed E-state index contributed by atoms with van der Waals surface area (Å²) in [5, 5.41) is 0. The number of rotatable bonds is 4. The number of hydrogen-bond acceptors (Lipinski definition) is 3. The molecule has 1 aliphatic heterocycles. The highest BCUT2D eigenvalue weighted by molar-refractivity contribution is 5.95. The zero-order valence-corrected chi connectivity index (χ0v) is 11.7. The largest absolute Gasteiger partial charge is 0.326 e. The van der Waals surface area contributed by atoms with Crippen LogP contribution in [0.1, 0.15) is 20.3 Å². The summed E-state index contributed by atoms with van der Waals surface area (Å²) in [5.74, 6) is 0.148. The van der Waals surface area contributed by atoms with Gasteiger partial charge in [-0.1, -0.05) is 18.2 Å². The molecule has 19 heavy (non-hydrogen) atoms. The number of benzene rings is 1. The van der Waals surface area contributed by atoms with Crippen LogP contribution in [0, 0.1) is 0 Å². The third-order valence-corrected chi connectivity index (χ3v) is 3.49. The number of anilines is 1. The van der Waals surface area contributed by atoms with Gasteiger partial charge in [0, 0.05) is 30.9 Å². The van der Waals surface area contributed by atoms with Gasteiger partial charge in [-0.3, -0.25) is 9.69 Å². The third kappa shape index (κ3) is 3.55. The fourth-order valence-corrected chi connectivity index (χ4v) is 2.59. The van der Waals surface area contributed by atoms with Crippen molar-refractivity contribution in [2.75, 3.05) is 24.5 Å². The summed E-state index contributed by atoms with van der Waals surface area (Å²) in [7, 11) is 0. The minimum Gasteiger partial charge on any atom is -0.326 e. The lowest BCUT2D eigenvalue weighted by Crippen LogP contribution is -2.43. The van der Waals surface area contributed by atoms with Gasteiger partial charge >= 0.3 is 0 Å². The van der Waals surface area contributed by atoms with E-state index in [1.54, 1.807) is 0 Å². The fraction of sp³-hybridized carbons (Fsp3) is 0.533. The van der Waals surface area contributed by atoms with Gasteiger partial charge in [0.05, 0.1) is 6.54 Å². The molecule has 0 unspecified atom stereocenters. The lowest BCUT2D eigenvalue weighted by molar-refractivity contribution is -0.119. The molecular formula is C15H23N3O. The Morgan fingerprint density at radius 1 is 1.42 bits per heavy atom. The van der Waals surface area contributed by atoms with Gasteiger partial charge in [0.15, 0.2) is 0 Å².